The molecule has 1 aromatic rings. The molecule has 0 heterocycles. The predicted molar refractivity (Wildman–Crippen MR) is 45.6 cm³/mol. The topological polar surface area (TPSA) is 0 Å². The van der Waals surface area contributed by atoms with Gasteiger partial charge in [0.2, 0.25) is 0 Å². The Morgan fingerprint density at radius 2 is 1.44 bits per heavy atom. The second-order valence-corrected chi connectivity index (χ2v) is 1.65. The molecule has 0 aromatic heterocycles. The average molecular weight is 224 g/mol. The molecule has 0 radical (unpaired) electrons. The van der Waals surface area contributed by atoms with Crippen LogP contribution in [-0.4, -0.2) is 24.4 Å². The van der Waals surface area contributed by atoms with E-state index in [1.807, 2.05) is 18.2 Å². The molecule has 0 bridgehead atoms. The summed E-state index contributed by atoms with van der Waals surface area (Å²) < 4.78 is 2.21. The van der Waals surface area contributed by atoms with Crippen LogP contribution in [0.5, 0.6) is 0 Å². The Hall–Kier alpha value is 0.0901. The zero-order chi connectivity index (χ0) is 7.11. The van der Waals surface area contributed by atoms with E-state index < -0.39 is 0 Å². The van der Waals surface area contributed by atoms with Gasteiger partial charge in [-0.2, -0.15) is 0 Å². The summed E-state index contributed by atoms with van der Waals surface area (Å²) in [6, 6.07) is 10.3. The van der Waals surface area contributed by atoms with E-state index in [1.54, 1.807) is 0 Å². The third-order valence-electron chi connectivity index (χ3n) is 0.940. The first kappa shape index (κ1) is 9.09. The Bertz CT molecular complexity index is 134. The second-order valence-electron chi connectivity index (χ2n) is 1.65. The first-order chi connectivity index (χ1) is 4.39. The monoisotopic (exact) mass is 224 g/mol. The SMILES string of the molecule is Cc1ccccc1.[CH3][InH2]. The van der Waals surface area contributed by atoms with Gasteiger partial charge in [0.1, 0.15) is 0 Å². The first-order valence-corrected chi connectivity index (χ1v) is 9.12. The van der Waals surface area contributed by atoms with Crippen LogP contribution < -0.4 is 0 Å². The zero-order valence-electron chi connectivity index (χ0n) is 6.39. The third kappa shape index (κ3) is 4.58. The molecule has 0 N–H and O–H groups in total. The standard InChI is InChI=1S/C7H8.CH3.In.2H/c1-7-5-3-2-4-6-7;;;;/h2-6H,1H3;1H3;;;. The van der Waals surface area contributed by atoms with Gasteiger partial charge in [0, 0.05) is 0 Å². The summed E-state index contributed by atoms with van der Waals surface area (Å²) in [7, 11) is 0. The fourth-order valence-corrected chi connectivity index (χ4v) is 0.534. The molecule has 48 valence electrons. The van der Waals surface area contributed by atoms with Crippen LogP contribution in [0.25, 0.3) is 0 Å². The summed E-state index contributed by atoms with van der Waals surface area (Å²) in [4.78, 5) is 0. The molecule has 9 heavy (non-hydrogen) atoms. The number of benzene rings is 1. The Balaban J connectivity index is 0.000000291. The zero-order valence-corrected chi connectivity index (χ0v) is 12.1. The van der Waals surface area contributed by atoms with Crippen LogP contribution in [0.1, 0.15) is 5.56 Å². The molecule has 1 heteroatoms. The van der Waals surface area contributed by atoms with Crippen molar-refractivity contribution < 1.29 is 0 Å². The minimum atomic E-state index is 0.950. The van der Waals surface area contributed by atoms with Crippen LogP contribution in [0.4, 0.5) is 0 Å². The molecule has 1 aromatic carbocycles. The van der Waals surface area contributed by atoms with Gasteiger partial charge in [-0.15, -0.1) is 0 Å². The van der Waals surface area contributed by atoms with E-state index in [-0.39, 0.29) is 0 Å². The summed E-state index contributed by atoms with van der Waals surface area (Å²) in [5, 5.41) is 0. The van der Waals surface area contributed by atoms with Crippen molar-refractivity contribution in [1.29, 1.82) is 0 Å². The van der Waals surface area contributed by atoms with Gasteiger partial charge in [0.15, 0.2) is 0 Å². The van der Waals surface area contributed by atoms with Gasteiger partial charge in [0.25, 0.3) is 0 Å². The molecular formula is C8H13In. The van der Waals surface area contributed by atoms with E-state index in [1.165, 1.54) is 5.56 Å². The first-order valence-electron chi connectivity index (χ1n) is 3.41. The van der Waals surface area contributed by atoms with E-state index in [2.05, 4.69) is 23.7 Å². The second kappa shape index (κ2) is 6.21. The van der Waals surface area contributed by atoms with Gasteiger partial charge in [-0.1, -0.05) is 35.9 Å². The summed E-state index contributed by atoms with van der Waals surface area (Å²) in [5.74, 6) is 0. The summed E-state index contributed by atoms with van der Waals surface area (Å²) in [6.45, 7) is 2.08. The molecule has 0 unspecified atom stereocenters. The molecule has 0 saturated carbocycles. The number of hydrogen-bond acceptors (Lipinski definition) is 0. The summed E-state index contributed by atoms with van der Waals surface area (Å²) in [5.41, 5.74) is 1.32. The predicted octanol–water partition coefficient (Wildman–Crippen LogP) is 1.66. The molecular weight excluding hydrogens is 211 g/mol. The summed E-state index contributed by atoms with van der Waals surface area (Å²) in [6.07, 6.45) is 0. The molecule has 0 amide bonds. The fraction of sp³-hybridized carbons (Fsp3) is 0.250. The Morgan fingerprint density at radius 1 is 1.00 bits per heavy atom. The van der Waals surface area contributed by atoms with E-state index in [0.717, 1.165) is 24.4 Å². The Labute approximate surface area is 71.9 Å². The van der Waals surface area contributed by atoms with Gasteiger partial charge in [-0.05, 0) is 6.92 Å². The van der Waals surface area contributed by atoms with Crippen LogP contribution in [0.15, 0.2) is 30.3 Å². The molecule has 0 atom stereocenters. The molecule has 0 aliphatic heterocycles. The van der Waals surface area contributed by atoms with Crippen molar-refractivity contribution in [2.24, 2.45) is 0 Å². The molecule has 0 aliphatic carbocycles. The van der Waals surface area contributed by atoms with Gasteiger partial charge >= 0.3 is 29.1 Å². The van der Waals surface area contributed by atoms with Crippen molar-refractivity contribution in [3.8, 4) is 0 Å². The van der Waals surface area contributed by atoms with Gasteiger partial charge in [-0.25, -0.2) is 0 Å². The molecule has 0 saturated heterocycles. The number of aryl methyl sites for hydroxylation is 1. The molecule has 0 aliphatic rings. The van der Waals surface area contributed by atoms with Crippen LogP contribution in [0.3, 0.4) is 0 Å². The minimum absolute atomic E-state index is 0.950. The van der Waals surface area contributed by atoms with Gasteiger partial charge in [-0.3, -0.25) is 0 Å². The molecule has 1 rings (SSSR count). The van der Waals surface area contributed by atoms with Crippen LogP contribution in [0, 0.1) is 6.92 Å². The maximum atomic E-state index is 2.21. The van der Waals surface area contributed by atoms with Crippen molar-refractivity contribution in [3.63, 3.8) is 0 Å². The Kier molecular flexibility index (Phi) is 6.28. The van der Waals surface area contributed by atoms with Gasteiger partial charge < -0.3 is 0 Å². The van der Waals surface area contributed by atoms with E-state index >= 15 is 0 Å². The number of hydrogen-bond donors (Lipinski definition) is 0. The van der Waals surface area contributed by atoms with Crippen LogP contribution >= 0.6 is 0 Å². The molecule has 0 fully saturated rings. The average Bonchev–Trinajstić information content (AvgIpc) is 1.94. The van der Waals surface area contributed by atoms with Crippen LogP contribution in [-0.2, 0) is 0 Å². The van der Waals surface area contributed by atoms with Crippen molar-refractivity contribution in [1.82, 2.24) is 0 Å². The van der Waals surface area contributed by atoms with Gasteiger partial charge in [0.05, 0.1) is 0 Å². The number of rotatable bonds is 0. The Morgan fingerprint density at radius 3 is 1.67 bits per heavy atom. The maximum absolute atomic E-state index is 2.21. The quantitative estimate of drug-likeness (QED) is 0.628. The van der Waals surface area contributed by atoms with E-state index in [4.69, 9.17) is 0 Å². The molecule has 0 spiro atoms. The van der Waals surface area contributed by atoms with Crippen molar-refractivity contribution in [2.45, 2.75) is 11.6 Å². The van der Waals surface area contributed by atoms with Crippen molar-refractivity contribution >= 4 is 24.4 Å². The van der Waals surface area contributed by atoms with Crippen molar-refractivity contribution in [3.05, 3.63) is 35.9 Å². The van der Waals surface area contributed by atoms with E-state index in [0.29, 0.717) is 0 Å². The van der Waals surface area contributed by atoms with Crippen LogP contribution in [0.2, 0.25) is 4.68 Å². The summed E-state index contributed by atoms with van der Waals surface area (Å²) >= 11 is 0.950. The third-order valence-corrected chi connectivity index (χ3v) is 0.940. The molecule has 0 nitrogen and oxygen atoms in total. The fourth-order valence-electron chi connectivity index (χ4n) is 0.534. The van der Waals surface area contributed by atoms with Crippen molar-refractivity contribution in [2.75, 3.05) is 0 Å². The normalized spacial score (nSPS) is 7.33. The van der Waals surface area contributed by atoms with E-state index in [9.17, 15) is 0 Å².